The van der Waals surface area contributed by atoms with Crippen molar-refractivity contribution in [2.75, 3.05) is 0 Å². The largest absolute Gasteiger partial charge is 0.489 e. The van der Waals surface area contributed by atoms with Crippen LogP contribution in [0.25, 0.3) is 0 Å². The molecule has 6 rings (SSSR count). The number of imide groups is 1. The first kappa shape index (κ1) is 18.8. The maximum Gasteiger partial charge on any atom is 0.254 e. The van der Waals surface area contributed by atoms with Gasteiger partial charge in [0.2, 0.25) is 0 Å². The number of benzene rings is 2. The summed E-state index contributed by atoms with van der Waals surface area (Å²) in [5.41, 5.74) is 3.10. The third kappa shape index (κ3) is 3.34. The van der Waals surface area contributed by atoms with Crippen molar-refractivity contribution in [2.45, 2.75) is 26.4 Å². The third-order valence-corrected chi connectivity index (χ3v) is 6.44. The van der Waals surface area contributed by atoms with E-state index in [-0.39, 0.29) is 35.5 Å². The molecule has 2 amide bonds. The molecule has 5 nitrogen and oxygen atoms in total. The van der Waals surface area contributed by atoms with Crippen molar-refractivity contribution in [3.63, 3.8) is 0 Å². The molecule has 1 saturated heterocycles. The SMILES string of the molecule is Cc1ccc(COc2cccc(/C=N\N3C(=O)[C@H]4[C@H](C3=O)[C@H]3C=C[C@H]4CC3)c2)cc1. The van der Waals surface area contributed by atoms with Crippen LogP contribution in [-0.2, 0) is 16.2 Å². The van der Waals surface area contributed by atoms with Gasteiger partial charge in [0.15, 0.2) is 0 Å². The zero-order valence-corrected chi connectivity index (χ0v) is 16.9. The first-order chi connectivity index (χ1) is 14.6. The molecule has 0 unspecified atom stereocenters. The number of rotatable bonds is 5. The third-order valence-electron chi connectivity index (χ3n) is 6.44. The van der Waals surface area contributed by atoms with Crippen molar-refractivity contribution < 1.29 is 14.3 Å². The Morgan fingerprint density at radius 3 is 2.30 bits per heavy atom. The molecule has 2 bridgehead atoms. The van der Waals surface area contributed by atoms with Gasteiger partial charge in [0, 0.05) is 0 Å². The second-order valence-corrected chi connectivity index (χ2v) is 8.42. The number of fused-ring (bicyclic) bond motifs is 1. The lowest BCUT2D eigenvalue weighted by Crippen LogP contribution is -2.38. The first-order valence-corrected chi connectivity index (χ1v) is 10.5. The zero-order valence-electron chi connectivity index (χ0n) is 16.9. The number of carbonyl (C=O) groups is 2. The minimum absolute atomic E-state index is 0.160. The maximum atomic E-state index is 12.8. The molecular formula is C25H24N2O3. The highest BCUT2D eigenvalue weighted by Gasteiger charge is 2.56. The van der Waals surface area contributed by atoms with Gasteiger partial charge in [0.25, 0.3) is 11.8 Å². The lowest BCUT2D eigenvalue weighted by Gasteiger charge is -2.37. The number of allylic oxidation sites excluding steroid dienone is 2. The molecule has 0 radical (unpaired) electrons. The van der Waals surface area contributed by atoms with Crippen LogP contribution >= 0.6 is 0 Å². The van der Waals surface area contributed by atoms with Gasteiger partial charge in [-0.25, -0.2) is 0 Å². The summed E-state index contributed by atoms with van der Waals surface area (Å²) in [6.45, 7) is 2.53. The van der Waals surface area contributed by atoms with Gasteiger partial charge in [0.1, 0.15) is 12.4 Å². The number of amides is 2. The highest BCUT2D eigenvalue weighted by Crippen LogP contribution is 2.49. The molecule has 1 heterocycles. The Bertz CT molecular complexity index is 1010. The van der Waals surface area contributed by atoms with Gasteiger partial charge in [0.05, 0.1) is 18.1 Å². The van der Waals surface area contributed by atoms with Gasteiger partial charge in [-0.1, -0.05) is 54.1 Å². The highest BCUT2D eigenvalue weighted by atomic mass is 16.5. The summed E-state index contributed by atoms with van der Waals surface area (Å²) in [4.78, 5) is 25.7. The Morgan fingerprint density at radius 1 is 1.00 bits per heavy atom. The lowest BCUT2D eigenvalue weighted by molar-refractivity contribution is -0.140. The molecule has 30 heavy (non-hydrogen) atoms. The van der Waals surface area contributed by atoms with Crippen LogP contribution < -0.4 is 4.74 Å². The van der Waals surface area contributed by atoms with Crippen LogP contribution in [0.4, 0.5) is 0 Å². The fraction of sp³-hybridized carbons (Fsp3) is 0.320. The van der Waals surface area contributed by atoms with E-state index in [1.165, 1.54) is 5.56 Å². The molecule has 1 aliphatic heterocycles. The van der Waals surface area contributed by atoms with Crippen molar-refractivity contribution in [2.24, 2.45) is 28.8 Å². The normalized spacial score (nSPS) is 27.2. The average molecular weight is 400 g/mol. The molecule has 1 saturated carbocycles. The summed E-state index contributed by atoms with van der Waals surface area (Å²) in [5.74, 6) is 0.282. The number of nitrogens with zero attached hydrogens (tertiary/aromatic N) is 2. The number of hydrogen-bond donors (Lipinski definition) is 0. The van der Waals surface area contributed by atoms with Gasteiger partial charge in [-0.3, -0.25) is 9.59 Å². The molecule has 0 aromatic heterocycles. The van der Waals surface area contributed by atoms with E-state index in [1.54, 1.807) is 6.21 Å². The van der Waals surface area contributed by atoms with E-state index >= 15 is 0 Å². The fourth-order valence-electron chi connectivity index (χ4n) is 4.83. The molecule has 4 aliphatic rings. The predicted molar refractivity (Wildman–Crippen MR) is 114 cm³/mol. The van der Waals surface area contributed by atoms with Crippen LogP contribution in [0.15, 0.2) is 65.8 Å². The molecule has 152 valence electrons. The molecular weight excluding hydrogens is 376 g/mol. The molecule has 4 atom stereocenters. The summed E-state index contributed by atoms with van der Waals surface area (Å²) >= 11 is 0. The number of aryl methyl sites for hydroxylation is 1. The second-order valence-electron chi connectivity index (χ2n) is 8.42. The Hall–Kier alpha value is -3.21. The van der Waals surface area contributed by atoms with Gasteiger partial charge >= 0.3 is 0 Å². The summed E-state index contributed by atoms with van der Waals surface area (Å²) in [5, 5.41) is 5.36. The molecule has 2 aromatic rings. The Balaban J connectivity index is 1.28. The van der Waals surface area contributed by atoms with E-state index in [4.69, 9.17) is 4.74 Å². The van der Waals surface area contributed by atoms with Crippen molar-refractivity contribution in [3.05, 3.63) is 77.4 Å². The molecule has 2 fully saturated rings. The van der Waals surface area contributed by atoms with Crippen molar-refractivity contribution >= 4 is 18.0 Å². The van der Waals surface area contributed by atoms with Crippen LogP contribution in [0.3, 0.4) is 0 Å². The van der Waals surface area contributed by atoms with Gasteiger partial charge in [-0.2, -0.15) is 10.1 Å². The number of hydrogen-bond acceptors (Lipinski definition) is 4. The van der Waals surface area contributed by atoms with E-state index < -0.39 is 0 Å². The van der Waals surface area contributed by atoms with Gasteiger partial charge in [-0.05, 0) is 54.9 Å². The summed E-state index contributed by atoms with van der Waals surface area (Å²) < 4.78 is 5.88. The quantitative estimate of drug-likeness (QED) is 0.431. The summed E-state index contributed by atoms with van der Waals surface area (Å²) in [6, 6.07) is 15.7. The number of hydrazone groups is 1. The van der Waals surface area contributed by atoms with Crippen molar-refractivity contribution in [1.29, 1.82) is 0 Å². The van der Waals surface area contributed by atoms with E-state index in [1.807, 2.05) is 36.4 Å². The smallest absolute Gasteiger partial charge is 0.254 e. The minimum Gasteiger partial charge on any atom is -0.489 e. The second kappa shape index (κ2) is 7.56. The van der Waals surface area contributed by atoms with Gasteiger partial charge < -0.3 is 4.74 Å². The van der Waals surface area contributed by atoms with E-state index in [2.05, 4.69) is 36.3 Å². The fourth-order valence-corrected chi connectivity index (χ4v) is 4.83. The Labute approximate surface area is 176 Å². The standard InChI is InChI=1S/C25H24N2O3/c1-16-5-7-17(8-6-16)15-30-21-4-2-3-18(13-21)14-26-27-24(28)22-19-9-10-20(12-11-19)23(22)25(27)29/h2-10,13-14,19-20,22-23H,11-12,15H2,1H3/b26-14-/t19-,20-,22+,23+/m0/s1. The van der Waals surface area contributed by atoms with Crippen molar-refractivity contribution in [1.82, 2.24) is 5.01 Å². The zero-order chi connectivity index (χ0) is 20.7. The first-order valence-electron chi connectivity index (χ1n) is 10.5. The molecule has 0 N–H and O–H groups in total. The monoisotopic (exact) mass is 400 g/mol. The molecule has 2 aromatic carbocycles. The van der Waals surface area contributed by atoms with Crippen LogP contribution in [0.1, 0.15) is 29.5 Å². The highest BCUT2D eigenvalue weighted by molar-refractivity contribution is 6.06. The minimum atomic E-state index is -0.234. The van der Waals surface area contributed by atoms with Crippen molar-refractivity contribution in [3.8, 4) is 5.75 Å². The number of carbonyl (C=O) groups excluding carboxylic acids is 2. The Kier molecular flexibility index (Phi) is 4.74. The maximum absolute atomic E-state index is 12.8. The van der Waals surface area contributed by atoms with E-state index in [0.29, 0.717) is 6.61 Å². The molecule has 5 heteroatoms. The van der Waals surface area contributed by atoms with Gasteiger partial charge in [-0.15, -0.1) is 0 Å². The summed E-state index contributed by atoms with van der Waals surface area (Å²) in [6.07, 6.45) is 7.77. The lowest BCUT2D eigenvalue weighted by atomic mass is 9.63. The van der Waals surface area contributed by atoms with Crippen LogP contribution in [0, 0.1) is 30.6 Å². The van der Waals surface area contributed by atoms with Crippen LogP contribution in [0.5, 0.6) is 5.75 Å². The Morgan fingerprint density at radius 2 is 1.67 bits per heavy atom. The summed E-state index contributed by atoms with van der Waals surface area (Å²) in [7, 11) is 0. The average Bonchev–Trinajstić information content (AvgIpc) is 3.05. The van der Waals surface area contributed by atoms with E-state index in [9.17, 15) is 9.59 Å². The predicted octanol–water partition coefficient (Wildman–Crippen LogP) is 4.11. The van der Waals surface area contributed by atoms with Crippen LogP contribution in [0.2, 0.25) is 0 Å². The van der Waals surface area contributed by atoms with E-state index in [0.717, 1.165) is 34.7 Å². The molecule has 0 spiro atoms. The molecule has 3 aliphatic carbocycles. The number of ether oxygens (including phenoxy) is 1. The van der Waals surface area contributed by atoms with Crippen LogP contribution in [-0.4, -0.2) is 23.0 Å². The topological polar surface area (TPSA) is 59.0 Å².